The van der Waals surface area contributed by atoms with Crippen LogP contribution in [0.15, 0.2) is 18.2 Å². The van der Waals surface area contributed by atoms with E-state index in [1.807, 2.05) is 6.92 Å². The minimum Gasteiger partial charge on any atom is -0.508 e. The van der Waals surface area contributed by atoms with Gasteiger partial charge in [0.25, 0.3) is 5.92 Å². The molecule has 0 radical (unpaired) electrons. The molecule has 4 heteroatoms. The van der Waals surface area contributed by atoms with Crippen molar-refractivity contribution in [1.82, 2.24) is 0 Å². The second-order valence-electron chi connectivity index (χ2n) is 4.39. The van der Waals surface area contributed by atoms with Crippen molar-refractivity contribution in [3.63, 3.8) is 0 Å². The van der Waals surface area contributed by atoms with Gasteiger partial charge in [0.2, 0.25) is 0 Å². The molecule has 1 aliphatic rings. The van der Waals surface area contributed by atoms with Gasteiger partial charge in [-0.2, -0.15) is 0 Å². The molecule has 0 aliphatic heterocycles. The molecule has 0 saturated heterocycles. The predicted octanol–water partition coefficient (Wildman–Crippen LogP) is 2.28. The maximum absolute atomic E-state index is 12.8. The van der Waals surface area contributed by atoms with E-state index in [1.54, 1.807) is 18.2 Å². The Labute approximate surface area is 86.7 Å². The SMILES string of the molecule is Cc1ccc(C2(N)CC(F)(F)C2)c(O)c1. The second-order valence-corrected chi connectivity index (χ2v) is 4.39. The highest BCUT2D eigenvalue weighted by Crippen LogP contribution is 2.51. The van der Waals surface area contributed by atoms with E-state index in [-0.39, 0.29) is 5.75 Å². The Bertz CT molecular complexity index is 396. The molecule has 0 atom stereocenters. The van der Waals surface area contributed by atoms with Crippen LogP contribution in [-0.4, -0.2) is 11.0 Å². The van der Waals surface area contributed by atoms with E-state index in [0.717, 1.165) is 5.56 Å². The van der Waals surface area contributed by atoms with Crippen LogP contribution in [0.3, 0.4) is 0 Å². The molecule has 0 heterocycles. The predicted molar refractivity (Wildman–Crippen MR) is 52.9 cm³/mol. The lowest BCUT2D eigenvalue weighted by atomic mass is 9.69. The van der Waals surface area contributed by atoms with Gasteiger partial charge >= 0.3 is 0 Å². The first kappa shape index (κ1) is 10.4. The number of hydrogen-bond donors (Lipinski definition) is 2. The van der Waals surface area contributed by atoms with E-state index in [4.69, 9.17) is 5.73 Å². The number of benzene rings is 1. The maximum atomic E-state index is 12.8. The first-order chi connectivity index (χ1) is 6.82. The number of aromatic hydroxyl groups is 1. The van der Waals surface area contributed by atoms with Crippen molar-refractivity contribution in [3.8, 4) is 5.75 Å². The molecule has 2 rings (SSSR count). The fraction of sp³-hybridized carbons (Fsp3) is 0.455. The minimum absolute atomic E-state index is 0.00741. The number of alkyl halides is 2. The van der Waals surface area contributed by atoms with E-state index in [1.165, 1.54) is 0 Å². The average molecular weight is 213 g/mol. The molecular weight excluding hydrogens is 200 g/mol. The normalized spacial score (nSPS) is 22.1. The Morgan fingerprint density at radius 1 is 1.33 bits per heavy atom. The summed E-state index contributed by atoms with van der Waals surface area (Å²) in [5.41, 5.74) is 6.04. The lowest BCUT2D eigenvalue weighted by Gasteiger charge is -2.45. The van der Waals surface area contributed by atoms with Crippen LogP contribution in [0.5, 0.6) is 5.75 Å². The van der Waals surface area contributed by atoms with Gasteiger partial charge in [-0.1, -0.05) is 12.1 Å². The largest absolute Gasteiger partial charge is 0.508 e. The third-order valence-electron chi connectivity index (χ3n) is 2.84. The smallest absolute Gasteiger partial charge is 0.252 e. The molecular formula is C11H13F2NO. The van der Waals surface area contributed by atoms with Gasteiger partial charge in [0, 0.05) is 18.4 Å². The number of phenols is 1. The van der Waals surface area contributed by atoms with Crippen LogP contribution < -0.4 is 5.73 Å². The lowest BCUT2D eigenvalue weighted by Crippen LogP contribution is -2.55. The fourth-order valence-electron chi connectivity index (χ4n) is 2.12. The summed E-state index contributed by atoms with van der Waals surface area (Å²) >= 11 is 0. The third-order valence-corrected chi connectivity index (χ3v) is 2.84. The standard InChI is InChI=1S/C11H13F2NO/c1-7-2-3-8(9(15)4-7)10(14)5-11(12,13)6-10/h2-4,15H,5-6,14H2,1H3. The maximum Gasteiger partial charge on any atom is 0.252 e. The van der Waals surface area contributed by atoms with Gasteiger partial charge in [-0.15, -0.1) is 0 Å². The molecule has 2 nitrogen and oxygen atoms in total. The average Bonchev–Trinajstić information content (AvgIpc) is 1.98. The van der Waals surface area contributed by atoms with Gasteiger partial charge in [-0.3, -0.25) is 0 Å². The monoisotopic (exact) mass is 213 g/mol. The van der Waals surface area contributed by atoms with Crippen LogP contribution in [0.4, 0.5) is 8.78 Å². The summed E-state index contributed by atoms with van der Waals surface area (Å²) < 4.78 is 25.5. The lowest BCUT2D eigenvalue weighted by molar-refractivity contribution is -0.125. The molecule has 82 valence electrons. The summed E-state index contributed by atoms with van der Waals surface area (Å²) in [6.45, 7) is 1.82. The summed E-state index contributed by atoms with van der Waals surface area (Å²) in [4.78, 5) is 0. The van der Waals surface area contributed by atoms with Crippen LogP contribution in [0.2, 0.25) is 0 Å². The van der Waals surface area contributed by atoms with Gasteiger partial charge in [-0.25, -0.2) is 8.78 Å². The molecule has 1 aromatic carbocycles. The highest BCUT2D eigenvalue weighted by Gasteiger charge is 2.55. The fourth-order valence-corrected chi connectivity index (χ4v) is 2.12. The van der Waals surface area contributed by atoms with Crippen molar-refractivity contribution in [1.29, 1.82) is 0 Å². The first-order valence-corrected chi connectivity index (χ1v) is 4.79. The zero-order chi connectivity index (χ0) is 11.3. The molecule has 0 aromatic heterocycles. The van der Waals surface area contributed by atoms with E-state index in [2.05, 4.69) is 0 Å². The van der Waals surface area contributed by atoms with Gasteiger partial charge in [-0.05, 0) is 18.6 Å². The Morgan fingerprint density at radius 2 is 1.93 bits per heavy atom. The highest BCUT2D eigenvalue weighted by molar-refractivity contribution is 5.42. The van der Waals surface area contributed by atoms with Gasteiger partial charge in [0.05, 0.1) is 5.54 Å². The van der Waals surface area contributed by atoms with E-state index in [0.29, 0.717) is 5.56 Å². The van der Waals surface area contributed by atoms with Crippen LogP contribution in [0, 0.1) is 6.92 Å². The number of rotatable bonds is 1. The van der Waals surface area contributed by atoms with Gasteiger partial charge < -0.3 is 10.8 Å². The number of nitrogens with two attached hydrogens (primary N) is 1. The molecule has 1 aliphatic carbocycles. The molecule has 0 unspecified atom stereocenters. The molecule has 0 amide bonds. The Kier molecular flexibility index (Phi) is 2.01. The quantitative estimate of drug-likeness (QED) is 0.751. The number of halogens is 2. The molecule has 15 heavy (non-hydrogen) atoms. The number of aryl methyl sites for hydroxylation is 1. The minimum atomic E-state index is -2.69. The molecule has 0 spiro atoms. The molecule has 1 fully saturated rings. The van der Waals surface area contributed by atoms with Crippen molar-refractivity contribution in [3.05, 3.63) is 29.3 Å². The number of hydrogen-bond acceptors (Lipinski definition) is 2. The zero-order valence-electron chi connectivity index (χ0n) is 8.43. The molecule has 3 N–H and O–H groups in total. The van der Waals surface area contributed by atoms with E-state index >= 15 is 0 Å². The Balaban J connectivity index is 2.32. The van der Waals surface area contributed by atoms with Crippen LogP contribution in [-0.2, 0) is 5.54 Å². The summed E-state index contributed by atoms with van der Waals surface area (Å²) in [5.74, 6) is -2.68. The van der Waals surface area contributed by atoms with Crippen molar-refractivity contribution in [2.75, 3.05) is 0 Å². The zero-order valence-corrected chi connectivity index (χ0v) is 8.43. The van der Waals surface area contributed by atoms with Crippen LogP contribution >= 0.6 is 0 Å². The summed E-state index contributed by atoms with van der Waals surface area (Å²) in [6.07, 6.45) is -0.784. The summed E-state index contributed by atoms with van der Waals surface area (Å²) in [6, 6.07) is 4.93. The van der Waals surface area contributed by atoms with Crippen molar-refractivity contribution < 1.29 is 13.9 Å². The first-order valence-electron chi connectivity index (χ1n) is 4.79. The van der Waals surface area contributed by atoms with Crippen molar-refractivity contribution >= 4 is 0 Å². The van der Waals surface area contributed by atoms with Crippen LogP contribution in [0.25, 0.3) is 0 Å². The van der Waals surface area contributed by atoms with E-state index < -0.39 is 24.3 Å². The van der Waals surface area contributed by atoms with Crippen molar-refractivity contribution in [2.24, 2.45) is 5.73 Å². The topological polar surface area (TPSA) is 46.2 Å². The third kappa shape index (κ3) is 1.69. The second kappa shape index (κ2) is 2.92. The highest BCUT2D eigenvalue weighted by atomic mass is 19.3. The molecule has 1 saturated carbocycles. The van der Waals surface area contributed by atoms with Gasteiger partial charge in [0.15, 0.2) is 0 Å². The Hall–Kier alpha value is -1.16. The van der Waals surface area contributed by atoms with Crippen molar-refractivity contribution in [2.45, 2.75) is 31.2 Å². The Morgan fingerprint density at radius 3 is 2.40 bits per heavy atom. The number of phenolic OH excluding ortho intramolecular Hbond substituents is 1. The van der Waals surface area contributed by atoms with E-state index in [9.17, 15) is 13.9 Å². The van der Waals surface area contributed by atoms with Crippen LogP contribution in [0.1, 0.15) is 24.0 Å². The summed E-state index contributed by atoms with van der Waals surface area (Å²) in [7, 11) is 0. The molecule has 0 bridgehead atoms. The summed E-state index contributed by atoms with van der Waals surface area (Å²) in [5, 5.41) is 9.64. The van der Waals surface area contributed by atoms with Gasteiger partial charge in [0.1, 0.15) is 5.75 Å². The molecule has 1 aromatic rings.